The number of hydrogen-bond donors (Lipinski definition) is 1. The molecule has 140 valence electrons. The predicted octanol–water partition coefficient (Wildman–Crippen LogP) is 4.44. The van der Waals surface area contributed by atoms with Crippen LogP contribution in [-0.2, 0) is 30.4 Å². The second-order valence-corrected chi connectivity index (χ2v) is 6.03. The molecule has 3 nitrogen and oxygen atoms in total. The highest BCUT2D eigenvalue weighted by Crippen LogP contribution is 2.34. The summed E-state index contributed by atoms with van der Waals surface area (Å²) in [4.78, 5) is 11.7. The highest BCUT2D eigenvalue weighted by molar-refractivity contribution is 5.78. The van der Waals surface area contributed by atoms with Crippen molar-refractivity contribution in [3.8, 4) is 5.75 Å². The first-order valence-electron chi connectivity index (χ1n) is 8.37. The van der Waals surface area contributed by atoms with Gasteiger partial charge in [-0.05, 0) is 42.2 Å². The minimum absolute atomic E-state index is 0.0115. The molecule has 1 amide bonds. The Morgan fingerprint density at radius 1 is 1.19 bits per heavy atom. The van der Waals surface area contributed by atoms with Gasteiger partial charge in [-0.1, -0.05) is 31.2 Å². The number of carbonyl (C=O) groups is 1. The van der Waals surface area contributed by atoms with Gasteiger partial charge < -0.3 is 10.1 Å². The molecule has 0 aromatic heterocycles. The summed E-state index contributed by atoms with van der Waals surface area (Å²) in [6.45, 7) is 3.63. The number of amides is 1. The van der Waals surface area contributed by atoms with Crippen molar-refractivity contribution < 1.29 is 22.7 Å². The van der Waals surface area contributed by atoms with Crippen LogP contribution in [0.15, 0.2) is 36.4 Å². The van der Waals surface area contributed by atoms with Crippen molar-refractivity contribution in [2.24, 2.45) is 0 Å². The van der Waals surface area contributed by atoms with E-state index in [9.17, 15) is 18.0 Å². The molecule has 0 heterocycles. The molecule has 0 saturated heterocycles. The summed E-state index contributed by atoms with van der Waals surface area (Å²) in [5.41, 5.74) is 1.51. The number of aryl methyl sites for hydroxylation is 2. The van der Waals surface area contributed by atoms with Gasteiger partial charge in [-0.25, -0.2) is 0 Å². The first-order valence-corrected chi connectivity index (χ1v) is 8.37. The molecule has 0 radical (unpaired) electrons. The molecule has 0 spiro atoms. The Kier molecular flexibility index (Phi) is 6.29. The van der Waals surface area contributed by atoms with E-state index in [0.29, 0.717) is 11.3 Å². The van der Waals surface area contributed by atoms with Crippen LogP contribution in [0, 0.1) is 6.92 Å². The first kappa shape index (κ1) is 19.8. The average molecular weight is 365 g/mol. The molecule has 2 rings (SSSR count). The normalized spacial score (nSPS) is 11.3. The molecule has 0 aliphatic rings. The summed E-state index contributed by atoms with van der Waals surface area (Å²) in [7, 11) is 1.45. The van der Waals surface area contributed by atoms with Gasteiger partial charge in [0.2, 0.25) is 5.91 Å². The van der Waals surface area contributed by atoms with Gasteiger partial charge in [0.1, 0.15) is 12.4 Å². The molecule has 6 heteroatoms. The van der Waals surface area contributed by atoms with E-state index >= 15 is 0 Å². The van der Waals surface area contributed by atoms with Crippen molar-refractivity contribution in [2.75, 3.05) is 7.05 Å². The fourth-order valence-electron chi connectivity index (χ4n) is 2.74. The fraction of sp³-hybridized carbons (Fsp3) is 0.350. The van der Waals surface area contributed by atoms with Gasteiger partial charge in [-0.15, -0.1) is 0 Å². The lowest BCUT2D eigenvalue weighted by atomic mass is 9.98. The average Bonchev–Trinajstić information content (AvgIpc) is 2.60. The molecule has 0 bridgehead atoms. The molecule has 0 atom stereocenters. The number of hydrogen-bond acceptors (Lipinski definition) is 2. The van der Waals surface area contributed by atoms with Crippen molar-refractivity contribution in [3.63, 3.8) is 0 Å². The largest absolute Gasteiger partial charge is 0.489 e. The molecule has 0 saturated carbocycles. The number of carbonyl (C=O) groups excluding carboxylic acids is 1. The van der Waals surface area contributed by atoms with Gasteiger partial charge in [0.05, 0.1) is 12.0 Å². The van der Waals surface area contributed by atoms with Crippen LogP contribution in [-0.4, -0.2) is 13.0 Å². The summed E-state index contributed by atoms with van der Waals surface area (Å²) in [6, 6.07) is 9.46. The summed E-state index contributed by atoms with van der Waals surface area (Å²) in [5, 5.41) is 2.43. The minimum atomic E-state index is -4.52. The maximum atomic E-state index is 13.4. The molecule has 0 unspecified atom stereocenters. The van der Waals surface area contributed by atoms with E-state index in [-0.39, 0.29) is 24.5 Å². The summed E-state index contributed by atoms with van der Waals surface area (Å²) in [6.07, 6.45) is -3.78. The quantitative estimate of drug-likeness (QED) is 0.822. The van der Waals surface area contributed by atoms with Crippen molar-refractivity contribution in [1.82, 2.24) is 5.32 Å². The second kappa shape index (κ2) is 8.25. The molecule has 0 fully saturated rings. The fourth-order valence-corrected chi connectivity index (χ4v) is 2.74. The van der Waals surface area contributed by atoms with Crippen LogP contribution in [0.2, 0.25) is 0 Å². The predicted molar refractivity (Wildman–Crippen MR) is 94.1 cm³/mol. The third-order valence-corrected chi connectivity index (χ3v) is 4.23. The van der Waals surface area contributed by atoms with Crippen LogP contribution in [0.5, 0.6) is 5.75 Å². The van der Waals surface area contributed by atoms with Gasteiger partial charge in [0.25, 0.3) is 0 Å². The minimum Gasteiger partial charge on any atom is -0.489 e. The summed E-state index contributed by atoms with van der Waals surface area (Å²) >= 11 is 0. The molecular weight excluding hydrogens is 343 g/mol. The smallest absolute Gasteiger partial charge is 0.416 e. The summed E-state index contributed by atoms with van der Waals surface area (Å²) < 4.78 is 45.9. The Labute approximate surface area is 151 Å². The first-order chi connectivity index (χ1) is 12.3. The van der Waals surface area contributed by atoms with Crippen molar-refractivity contribution in [3.05, 3.63) is 64.2 Å². The van der Waals surface area contributed by atoms with Gasteiger partial charge in [0, 0.05) is 12.6 Å². The monoisotopic (exact) mass is 365 g/mol. The Morgan fingerprint density at radius 3 is 2.50 bits per heavy atom. The molecule has 0 aliphatic heterocycles. The van der Waals surface area contributed by atoms with Crippen molar-refractivity contribution in [1.29, 1.82) is 0 Å². The Bertz CT molecular complexity index is 785. The number of rotatable bonds is 6. The van der Waals surface area contributed by atoms with Crippen LogP contribution >= 0.6 is 0 Å². The Morgan fingerprint density at radius 2 is 1.92 bits per heavy atom. The van der Waals surface area contributed by atoms with Crippen LogP contribution in [0.25, 0.3) is 0 Å². The highest BCUT2D eigenvalue weighted by atomic mass is 19.4. The Balaban J connectivity index is 2.35. The number of ether oxygens (including phenoxy) is 1. The molecule has 2 aromatic rings. The van der Waals surface area contributed by atoms with Crippen molar-refractivity contribution in [2.45, 2.75) is 39.5 Å². The van der Waals surface area contributed by atoms with E-state index in [1.807, 2.05) is 26.0 Å². The van der Waals surface area contributed by atoms with Crippen LogP contribution < -0.4 is 10.1 Å². The molecule has 26 heavy (non-hydrogen) atoms. The van der Waals surface area contributed by atoms with Gasteiger partial charge >= 0.3 is 6.18 Å². The zero-order chi connectivity index (χ0) is 19.3. The molecular formula is C20H22F3NO2. The SMILES string of the molecule is CCc1ccc(OCc2c(CC(=O)NC)cccc2C(F)(F)F)c(C)c1. The molecule has 1 N–H and O–H groups in total. The van der Waals surface area contributed by atoms with Gasteiger partial charge in [0.15, 0.2) is 0 Å². The van der Waals surface area contributed by atoms with E-state index in [2.05, 4.69) is 5.32 Å². The lowest BCUT2D eigenvalue weighted by Gasteiger charge is -2.18. The zero-order valence-electron chi connectivity index (χ0n) is 15.0. The lowest BCUT2D eigenvalue weighted by molar-refractivity contribution is -0.138. The number of benzene rings is 2. The second-order valence-electron chi connectivity index (χ2n) is 6.03. The van der Waals surface area contributed by atoms with Crippen LogP contribution in [0.4, 0.5) is 13.2 Å². The number of likely N-dealkylation sites (N-methyl/N-ethyl adjacent to an activating group) is 1. The van der Waals surface area contributed by atoms with Gasteiger partial charge in [-0.3, -0.25) is 4.79 Å². The lowest BCUT2D eigenvalue weighted by Crippen LogP contribution is -2.22. The standard InChI is InChI=1S/C20H22F3NO2/c1-4-14-8-9-18(13(2)10-14)26-12-16-15(11-19(25)24-3)6-5-7-17(16)20(21,22)23/h5-10H,4,11-12H2,1-3H3,(H,24,25). The van der Waals surface area contributed by atoms with Crippen LogP contribution in [0.1, 0.15) is 34.7 Å². The van der Waals surface area contributed by atoms with Gasteiger partial charge in [-0.2, -0.15) is 13.2 Å². The molecule has 0 aliphatic carbocycles. The van der Waals surface area contributed by atoms with E-state index in [4.69, 9.17) is 4.74 Å². The topological polar surface area (TPSA) is 38.3 Å². The van der Waals surface area contributed by atoms with E-state index in [0.717, 1.165) is 23.6 Å². The van der Waals surface area contributed by atoms with Crippen LogP contribution in [0.3, 0.4) is 0 Å². The summed E-state index contributed by atoms with van der Waals surface area (Å²) in [5.74, 6) is 0.180. The number of alkyl halides is 3. The maximum absolute atomic E-state index is 13.4. The van der Waals surface area contributed by atoms with E-state index in [1.165, 1.54) is 19.2 Å². The van der Waals surface area contributed by atoms with Crippen molar-refractivity contribution >= 4 is 5.91 Å². The Hall–Kier alpha value is -2.50. The number of nitrogens with one attached hydrogen (secondary N) is 1. The number of halogens is 3. The third-order valence-electron chi connectivity index (χ3n) is 4.23. The molecule has 2 aromatic carbocycles. The van der Waals surface area contributed by atoms with E-state index in [1.54, 1.807) is 6.07 Å². The zero-order valence-corrected chi connectivity index (χ0v) is 15.0. The third kappa shape index (κ3) is 4.77. The highest BCUT2D eigenvalue weighted by Gasteiger charge is 2.34. The maximum Gasteiger partial charge on any atom is 0.416 e. The van der Waals surface area contributed by atoms with E-state index < -0.39 is 11.7 Å².